The largest absolute Gasteiger partial charge is 0.446 e. The molecule has 1 heterocycles. The van der Waals surface area contributed by atoms with Crippen LogP contribution in [-0.4, -0.2) is 10.9 Å². The van der Waals surface area contributed by atoms with Gasteiger partial charge in [0.15, 0.2) is 5.69 Å². The molecule has 0 saturated heterocycles. The van der Waals surface area contributed by atoms with Gasteiger partial charge in [-0.05, 0) is 52.4 Å². The molecule has 0 spiro atoms. The number of rotatable bonds is 4. The Kier molecular flexibility index (Phi) is 4.73. The third-order valence-electron chi connectivity index (χ3n) is 3.28. The van der Waals surface area contributed by atoms with Crippen LogP contribution in [0.3, 0.4) is 0 Å². The molecule has 2 aromatic carbocycles. The summed E-state index contributed by atoms with van der Waals surface area (Å²) in [4.78, 5) is 16.4. The average Bonchev–Trinajstić information content (AvgIpc) is 3.07. The second-order valence-electron chi connectivity index (χ2n) is 4.92. The van der Waals surface area contributed by atoms with E-state index in [2.05, 4.69) is 32.9 Å². The van der Waals surface area contributed by atoms with Crippen LogP contribution < -0.4 is 11.1 Å². The number of nitrogens with zero attached hydrogens (tertiary/aromatic N) is 1. The summed E-state index contributed by atoms with van der Waals surface area (Å²) in [6, 6.07) is 16.5. The van der Waals surface area contributed by atoms with E-state index in [1.165, 1.54) is 6.26 Å². The fourth-order valence-corrected chi connectivity index (χ4v) is 2.43. The van der Waals surface area contributed by atoms with Crippen LogP contribution in [0.25, 0.3) is 0 Å². The lowest BCUT2D eigenvalue weighted by atomic mass is 10.1. The molecule has 1 amide bonds. The number of nitrogens with one attached hydrogen (secondary N) is 1. The zero-order valence-electron chi connectivity index (χ0n) is 12.1. The number of nitrogens with two attached hydrogens (primary N) is 1. The highest BCUT2D eigenvalue weighted by molar-refractivity contribution is 14.1. The first-order chi connectivity index (χ1) is 11.1. The van der Waals surface area contributed by atoms with Gasteiger partial charge >= 0.3 is 0 Å². The van der Waals surface area contributed by atoms with Crippen molar-refractivity contribution in [3.05, 3.63) is 81.6 Å². The van der Waals surface area contributed by atoms with Gasteiger partial charge in [-0.25, -0.2) is 4.98 Å². The monoisotopic (exact) mass is 419 g/mol. The number of carbonyl (C=O) groups excluding carboxylic acids is 1. The van der Waals surface area contributed by atoms with Crippen LogP contribution >= 0.6 is 22.6 Å². The summed E-state index contributed by atoms with van der Waals surface area (Å²) in [5.41, 5.74) is 7.88. The average molecular weight is 419 g/mol. The maximum Gasteiger partial charge on any atom is 0.277 e. The van der Waals surface area contributed by atoms with Crippen molar-refractivity contribution in [3.8, 4) is 0 Å². The Morgan fingerprint density at radius 1 is 1.13 bits per heavy atom. The fraction of sp³-hybridized carbons (Fsp3) is 0.0588. The molecule has 0 radical (unpaired) electrons. The molecule has 0 aliphatic carbocycles. The van der Waals surface area contributed by atoms with Crippen molar-refractivity contribution in [1.82, 2.24) is 4.98 Å². The quantitative estimate of drug-likeness (QED) is 0.634. The van der Waals surface area contributed by atoms with E-state index < -0.39 is 6.04 Å². The van der Waals surface area contributed by atoms with Crippen molar-refractivity contribution in [3.63, 3.8) is 0 Å². The SMILES string of the molecule is NC(c1ccccc1)c1nc(C(=O)Nc2ccc(I)cc2)co1. The maximum absolute atomic E-state index is 12.2. The number of carbonyl (C=O) groups is 1. The van der Waals surface area contributed by atoms with E-state index in [4.69, 9.17) is 10.2 Å². The van der Waals surface area contributed by atoms with Crippen LogP contribution in [0.15, 0.2) is 65.3 Å². The number of halogens is 1. The Morgan fingerprint density at radius 3 is 2.52 bits per heavy atom. The molecule has 0 aliphatic heterocycles. The van der Waals surface area contributed by atoms with Gasteiger partial charge in [-0.2, -0.15) is 0 Å². The number of benzene rings is 2. The van der Waals surface area contributed by atoms with Gasteiger partial charge in [-0.3, -0.25) is 4.79 Å². The van der Waals surface area contributed by atoms with Crippen molar-refractivity contribution >= 4 is 34.2 Å². The van der Waals surface area contributed by atoms with E-state index in [-0.39, 0.29) is 11.6 Å². The number of hydrogen-bond donors (Lipinski definition) is 2. The first-order valence-electron chi connectivity index (χ1n) is 6.96. The summed E-state index contributed by atoms with van der Waals surface area (Å²) < 4.78 is 6.46. The zero-order chi connectivity index (χ0) is 16.2. The summed E-state index contributed by atoms with van der Waals surface area (Å²) >= 11 is 2.20. The summed E-state index contributed by atoms with van der Waals surface area (Å²) in [7, 11) is 0. The molecule has 0 aliphatic rings. The number of aromatic nitrogens is 1. The summed E-state index contributed by atoms with van der Waals surface area (Å²) in [5, 5.41) is 2.77. The summed E-state index contributed by atoms with van der Waals surface area (Å²) in [5.74, 6) is -0.0228. The van der Waals surface area contributed by atoms with Gasteiger partial charge in [0.25, 0.3) is 5.91 Å². The minimum absolute atomic E-state index is 0.199. The van der Waals surface area contributed by atoms with Gasteiger partial charge in [0.05, 0.1) is 0 Å². The molecule has 23 heavy (non-hydrogen) atoms. The number of anilines is 1. The first-order valence-corrected chi connectivity index (χ1v) is 8.04. The highest BCUT2D eigenvalue weighted by Crippen LogP contribution is 2.19. The van der Waals surface area contributed by atoms with Gasteiger partial charge in [-0.1, -0.05) is 30.3 Å². The van der Waals surface area contributed by atoms with Crippen LogP contribution in [0.5, 0.6) is 0 Å². The predicted molar refractivity (Wildman–Crippen MR) is 96.1 cm³/mol. The van der Waals surface area contributed by atoms with Crippen LogP contribution in [0, 0.1) is 3.57 Å². The molecule has 3 aromatic rings. The molecule has 0 fully saturated rings. The first kappa shape index (κ1) is 15.7. The molecule has 1 unspecified atom stereocenters. The van der Waals surface area contributed by atoms with E-state index in [0.29, 0.717) is 11.6 Å². The Balaban J connectivity index is 1.73. The predicted octanol–water partition coefficient (Wildman–Crippen LogP) is 3.58. The lowest BCUT2D eigenvalue weighted by molar-refractivity contribution is 0.102. The van der Waals surface area contributed by atoms with E-state index >= 15 is 0 Å². The molecule has 5 nitrogen and oxygen atoms in total. The number of oxazole rings is 1. The lowest BCUT2D eigenvalue weighted by Crippen LogP contribution is -2.15. The molecule has 6 heteroatoms. The third kappa shape index (κ3) is 3.77. The van der Waals surface area contributed by atoms with Crippen LogP contribution in [0.4, 0.5) is 5.69 Å². The Morgan fingerprint density at radius 2 is 1.83 bits per heavy atom. The van der Waals surface area contributed by atoms with Crippen molar-refractivity contribution in [2.45, 2.75) is 6.04 Å². The highest BCUT2D eigenvalue weighted by atomic mass is 127. The second-order valence-corrected chi connectivity index (χ2v) is 6.17. The van der Waals surface area contributed by atoms with Gasteiger partial charge in [0.1, 0.15) is 12.3 Å². The van der Waals surface area contributed by atoms with Gasteiger partial charge in [0, 0.05) is 9.26 Å². The van der Waals surface area contributed by atoms with E-state index in [1.807, 2.05) is 54.6 Å². The van der Waals surface area contributed by atoms with Crippen LogP contribution in [0.2, 0.25) is 0 Å². The second kappa shape index (κ2) is 6.93. The zero-order valence-corrected chi connectivity index (χ0v) is 14.2. The topological polar surface area (TPSA) is 81.1 Å². The standard InChI is InChI=1S/C17H14IN3O2/c18-12-6-8-13(9-7-12)20-16(22)14-10-23-17(21-14)15(19)11-4-2-1-3-5-11/h1-10,15H,19H2,(H,20,22). The maximum atomic E-state index is 12.2. The Hall–Kier alpha value is -2.19. The number of hydrogen-bond acceptors (Lipinski definition) is 4. The minimum atomic E-state index is -0.504. The van der Waals surface area contributed by atoms with Gasteiger partial charge < -0.3 is 15.5 Å². The van der Waals surface area contributed by atoms with Crippen LogP contribution in [0.1, 0.15) is 28.0 Å². The van der Waals surface area contributed by atoms with E-state index in [1.54, 1.807) is 0 Å². The molecular weight excluding hydrogens is 405 g/mol. The minimum Gasteiger partial charge on any atom is -0.446 e. The van der Waals surface area contributed by atoms with Crippen molar-refractivity contribution in [2.24, 2.45) is 5.73 Å². The third-order valence-corrected chi connectivity index (χ3v) is 4.00. The summed E-state index contributed by atoms with van der Waals surface area (Å²) in [6.07, 6.45) is 1.32. The van der Waals surface area contributed by atoms with Crippen LogP contribution in [-0.2, 0) is 0 Å². The highest BCUT2D eigenvalue weighted by Gasteiger charge is 2.18. The molecule has 3 N–H and O–H groups in total. The smallest absolute Gasteiger partial charge is 0.277 e. The fourth-order valence-electron chi connectivity index (χ4n) is 2.07. The van der Waals surface area contributed by atoms with Crippen molar-refractivity contribution < 1.29 is 9.21 Å². The van der Waals surface area contributed by atoms with Crippen molar-refractivity contribution in [1.29, 1.82) is 0 Å². The van der Waals surface area contributed by atoms with Gasteiger partial charge in [-0.15, -0.1) is 0 Å². The van der Waals surface area contributed by atoms with Crippen molar-refractivity contribution in [2.75, 3.05) is 5.32 Å². The summed E-state index contributed by atoms with van der Waals surface area (Å²) in [6.45, 7) is 0. The molecule has 1 atom stereocenters. The molecule has 0 saturated carbocycles. The van der Waals surface area contributed by atoms with E-state index in [9.17, 15) is 4.79 Å². The van der Waals surface area contributed by atoms with E-state index in [0.717, 1.165) is 9.13 Å². The molecule has 3 rings (SSSR count). The molecule has 1 aromatic heterocycles. The molecule has 116 valence electrons. The Bertz CT molecular complexity index is 800. The normalized spacial score (nSPS) is 11.9. The Labute approximate surface area is 147 Å². The number of amides is 1. The molecule has 0 bridgehead atoms. The lowest BCUT2D eigenvalue weighted by Gasteiger charge is -2.06. The molecular formula is C17H14IN3O2. The van der Waals surface area contributed by atoms with Gasteiger partial charge in [0.2, 0.25) is 5.89 Å².